The van der Waals surface area contributed by atoms with Gasteiger partial charge in [0.25, 0.3) is 0 Å². The first-order valence-electron chi connectivity index (χ1n) is 5.37. The molecule has 5 heteroatoms. The summed E-state index contributed by atoms with van der Waals surface area (Å²) < 4.78 is 0. The Kier molecular flexibility index (Phi) is 5.80. The maximum absolute atomic E-state index is 11.7. The fraction of sp³-hybridized carbons (Fsp3) is 0.545. The molecule has 1 aromatic rings. The summed E-state index contributed by atoms with van der Waals surface area (Å²) in [5, 5.41) is 8.27. The summed E-state index contributed by atoms with van der Waals surface area (Å²) in [6, 6.07) is 4.05. The van der Waals surface area contributed by atoms with Gasteiger partial charge in [-0.15, -0.1) is 23.7 Å². The summed E-state index contributed by atoms with van der Waals surface area (Å²) in [4.78, 5) is 13.0. The van der Waals surface area contributed by atoms with Crippen LogP contribution in [0.25, 0.3) is 0 Å². The van der Waals surface area contributed by atoms with Crippen molar-refractivity contribution in [3.8, 4) is 0 Å². The molecule has 0 unspecified atom stereocenters. The zero-order valence-corrected chi connectivity index (χ0v) is 10.7. The van der Waals surface area contributed by atoms with Gasteiger partial charge in [-0.05, 0) is 30.8 Å². The van der Waals surface area contributed by atoms with Crippen LogP contribution in [0.15, 0.2) is 17.5 Å². The largest absolute Gasteiger partial charge is 0.351 e. The summed E-state index contributed by atoms with van der Waals surface area (Å²) in [5.74, 6) is 0.356. The third-order valence-corrected chi connectivity index (χ3v) is 3.56. The Balaban J connectivity index is 0.00000128. The molecule has 1 fully saturated rings. The zero-order chi connectivity index (χ0) is 10.5. The number of carbonyl (C=O) groups excluding carboxylic acids is 1. The highest BCUT2D eigenvalue weighted by Crippen LogP contribution is 2.11. The lowest BCUT2D eigenvalue weighted by molar-refractivity contribution is -0.125. The predicted octanol–water partition coefficient (Wildman–Crippen LogP) is 1.79. The summed E-state index contributed by atoms with van der Waals surface area (Å²) in [6.45, 7) is 2.55. The molecule has 1 amide bonds. The third-order valence-electron chi connectivity index (χ3n) is 2.68. The van der Waals surface area contributed by atoms with E-state index in [0.717, 1.165) is 25.9 Å². The van der Waals surface area contributed by atoms with Gasteiger partial charge in [-0.2, -0.15) is 0 Å². The lowest BCUT2D eigenvalue weighted by Crippen LogP contribution is -2.40. The quantitative estimate of drug-likeness (QED) is 0.870. The van der Waals surface area contributed by atoms with E-state index in [4.69, 9.17) is 0 Å². The first kappa shape index (κ1) is 13.5. The molecule has 1 aliphatic rings. The first-order chi connectivity index (χ1) is 7.36. The van der Waals surface area contributed by atoms with Crippen molar-refractivity contribution in [2.24, 2.45) is 5.92 Å². The van der Waals surface area contributed by atoms with E-state index in [0.29, 0.717) is 6.54 Å². The van der Waals surface area contributed by atoms with Crippen LogP contribution >= 0.6 is 23.7 Å². The number of hydrogen-bond donors (Lipinski definition) is 2. The van der Waals surface area contributed by atoms with E-state index in [1.165, 1.54) is 4.88 Å². The molecule has 1 aromatic heterocycles. The van der Waals surface area contributed by atoms with Crippen LogP contribution in [0.2, 0.25) is 0 Å². The average molecular weight is 261 g/mol. The third kappa shape index (κ3) is 3.77. The van der Waals surface area contributed by atoms with Gasteiger partial charge in [0.1, 0.15) is 0 Å². The molecule has 2 N–H and O–H groups in total. The van der Waals surface area contributed by atoms with Crippen LogP contribution in [0, 0.1) is 5.92 Å². The Morgan fingerprint density at radius 2 is 2.50 bits per heavy atom. The van der Waals surface area contributed by atoms with Crippen molar-refractivity contribution in [3.05, 3.63) is 22.4 Å². The molecule has 0 radical (unpaired) electrons. The summed E-state index contributed by atoms with van der Waals surface area (Å²) in [5.41, 5.74) is 0. The first-order valence-corrected chi connectivity index (χ1v) is 6.25. The maximum Gasteiger partial charge on any atom is 0.224 e. The molecule has 16 heavy (non-hydrogen) atoms. The molecular formula is C11H17ClN2OS. The molecular weight excluding hydrogens is 244 g/mol. The Bertz CT molecular complexity index is 310. The normalized spacial score (nSPS) is 19.9. The maximum atomic E-state index is 11.7. The van der Waals surface area contributed by atoms with E-state index in [9.17, 15) is 4.79 Å². The summed E-state index contributed by atoms with van der Waals surface area (Å²) >= 11 is 1.68. The number of nitrogens with one attached hydrogen (secondary N) is 2. The van der Waals surface area contributed by atoms with Gasteiger partial charge < -0.3 is 10.6 Å². The topological polar surface area (TPSA) is 41.1 Å². The van der Waals surface area contributed by atoms with E-state index in [2.05, 4.69) is 10.6 Å². The van der Waals surface area contributed by atoms with Crippen LogP contribution < -0.4 is 10.6 Å². The van der Waals surface area contributed by atoms with Crippen molar-refractivity contribution in [2.45, 2.75) is 19.4 Å². The fourth-order valence-electron chi connectivity index (χ4n) is 1.81. The number of hydrogen-bond acceptors (Lipinski definition) is 3. The summed E-state index contributed by atoms with van der Waals surface area (Å²) in [7, 11) is 0. The van der Waals surface area contributed by atoms with Crippen LogP contribution in [0.3, 0.4) is 0 Å². The SMILES string of the molecule is Cl.O=C(NCc1cccs1)[C@@H]1CCCNC1. The van der Waals surface area contributed by atoms with Crippen molar-refractivity contribution < 1.29 is 4.79 Å². The second kappa shape index (κ2) is 6.89. The smallest absolute Gasteiger partial charge is 0.224 e. The van der Waals surface area contributed by atoms with Crippen LogP contribution in [0.5, 0.6) is 0 Å². The number of thiophene rings is 1. The zero-order valence-electron chi connectivity index (χ0n) is 9.07. The van der Waals surface area contributed by atoms with Crippen LogP contribution in [-0.2, 0) is 11.3 Å². The van der Waals surface area contributed by atoms with Gasteiger partial charge in [0.2, 0.25) is 5.91 Å². The Morgan fingerprint density at radius 1 is 1.62 bits per heavy atom. The Morgan fingerprint density at radius 3 is 3.12 bits per heavy atom. The van der Waals surface area contributed by atoms with Gasteiger partial charge in [-0.3, -0.25) is 4.79 Å². The number of halogens is 1. The van der Waals surface area contributed by atoms with Crippen molar-refractivity contribution in [2.75, 3.05) is 13.1 Å². The second-order valence-electron chi connectivity index (χ2n) is 3.84. The monoisotopic (exact) mass is 260 g/mol. The molecule has 0 saturated carbocycles. The van der Waals surface area contributed by atoms with Crippen LogP contribution in [0.1, 0.15) is 17.7 Å². The van der Waals surface area contributed by atoms with Gasteiger partial charge in [0.05, 0.1) is 12.5 Å². The average Bonchev–Trinajstić information content (AvgIpc) is 2.80. The van der Waals surface area contributed by atoms with Gasteiger partial charge in [-0.1, -0.05) is 6.07 Å². The molecule has 0 aliphatic carbocycles. The Hall–Kier alpha value is -0.580. The number of piperidine rings is 1. The van der Waals surface area contributed by atoms with Gasteiger partial charge >= 0.3 is 0 Å². The van der Waals surface area contributed by atoms with Gasteiger partial charge in [-0.25, -0.2) is 0 Å². The molecule has 1 saturated heterocycles. The molecule has 1 atom stereocenters. The number of amides is 1. The van der Waals surface area contributed by atoms with Gasteiger partial charge in [0.15, 0.2) is 0 Å². The molecule has 90 valence electrons. The van der Waals surface area contributed by atoms with E-state index in [1.54, 1.807) is 11.3 Å². The molecule has 2 rings (SSSR count). The minimum absolute atomic E-state index is 0. The fourth-order valence-corrected chi connectivity index (χ4v) is 2.45. The second-order valence-corrected chi connectivity index (χ2v) is 4.87. The highest BCUT2D eigenvalue weighted by Gasteiger charge is 2.20. The predicted molar refractivity (Wildman–Crippen MR) is 69.0 cm³/mol. The van der Waals surface area contributed by atoms with Gasteiger partial charge in [0, 0.05) is 11.4 Å². The van der Waals surface area contributed by atoms with Crippen molar-refractivity contribution in [1.82, 2.24) is 10.6 Å². The number of carbonyl (C=O) groups is 1. The Labute approximate surface area is 106 Å². The van der Waals surface area contributed by atoms with Crippen LogP contribution in [-0.4, -0.2) is 19.0 Å². The minimum atomic E-state index is 0. The molecule has 2 heterocycles. The van der Waals surface area contributed by atoms with Crippen molar-refractivity contribution in [1.29, 1.82) is 0 Å². The van der Waals surface area contributed by atoms with E-state index >= 15 is 0 Å². The lowest BCUT2D eigenvalue weighted by Gasteiger charge is -2.21. The lowest BCUT2D eigenvalue weighted by atomic mass is 9.99. The highest BCUT2D eigenvalue weighted by molar-refractivity contribution is 7.09. The molecule has 1 aliphatic heterocycles. The summed E-state index contributed by atoms with van der Waals surface area (Å²) in [6.07, 6.45) is 2.13. The highest BCUT2D eigenvalue weighted by atomic mass is 35.5. The van der Waals surface area contributed by atoms with Crippen LogP contribution in [0.4, 0.5) is 0 Å². The van der Waals surface area contributed by atoms with E-state index in [-0.39, 0.29) is 24.2 Å². The standard InChI is InChI=1S/C11H16N2OS.ClH/c14-11(9-3-1-5-12-7-9)13-8-10-4-2-6-15-10;/h2,4,6,9,12H,1,3,5,7-8H2,(H,13,14);1H/t9-;/m1./s1. The van der Waals surface area contributed by atoms with Crippen molar-refractivity contribution >= 4 is 29.7 Å². The number of rotatable bonds is 3. The molecule has 0 aromatic carbocycles. The van der Waals surface area contributed by atoms with Crippen molar-refractivity contribution in [3.63, 3.8) is 0 Å². The molecule has 0 bridgehead atoms. The van der Waals surface area contributed by atoms with E-state index < -0.39 is 0 Å². The molecule has 0 spiro atoms. The van der Waals surface area contributed by atoms with E-state index in [1.807, 2.05) is 17.5 Å². The minimum Gasteiger partial charge on any atom is -0.351 e. The molecule has 3 nitrogen and oxygen atoms in total.